The Labute approximate surface area is 407 Å². The van der Waals surface area contributed by atoms with Gasteiger partial charge in [0.2, 0.25) is 0 Å². The van der Waals surface area contributed by atoms with Crippen LogP contribution in [-0.4, -0.2) is 117 Å². The highest BCUT2D eigenvalue weighted by Crippen LogP contribution is 2.30. The first-order chi connectivity index (χ1) is 32.5. The van der Waals surface area contributed by atoms with Crippen molar-refractivity contribution in [1.29, 1.82) is 0 Å². The summed E-state index contributed by atoms with van der Waals surface area (Å²) in [6, 6.07) is 0. The Morgan fingerprint density at radius 2 is 0.627 bits per heavy atom. The number of hydrogen-bond acceptors (Lipinski definition) is 13. The third kappa shape index (κ3) is 27.1. The lowest BCUT2D eigenvalue weighted by atomic mass is 9.91. The molecular formula is C54H102O13. The van der Waals surface area contributed by atoms with Gasteiger partial charge in [-0.05, 0) is 37.5 Å². The van der Waals surface area contributed by atoms with Gasteiger partial charge in [0.1, 0.15) is 62.0 Å². The smallest absolute Gasteiger partial charge is 0.306 e. The highest BCUT2D eigenvalue weighted by molar-refractivity contribution is 5.70. The minimum atomic E-state index is -1.81. The van der Waals surface area contributed by atoms with E-state index in [2.05, 4.69) is 27.7 Å². The average Bonchev–Trinajstić information content (AvgIpc) is 3.31. The first-order valence-corrected chi connectivity index (χ1v) is 27.8. The van der Waals surface area contributed by atoms with Gasteiger partial charge in [0.15, 0.2) is 12.6 Å². The number of ether oxygens (including phenoxy) is 5. The van der Waals surface area contributed by atoms with E-state index in [-0.39, 0.29) is 24.7 Å². The van der Waals surface area contributed by atoms with Gasteiger partial charge in [-0.25, -0.2) is 0 Å². The van der Waals surface area contributed by atoms with E-state index in [9.17, 15) is 40.2 Å². The molecule has 0 aromatic heterocycles. The summed E-state index contributed by atoms with van der Waals surface area (Å²) in [5.74, 6) is -0.534. The van der Waals surface area contributed by atoms with Crippen molar-refractivity contribution < 1.29 is 63.9 Å². The van der Waals surface area contributed by atoms with Crippen LogP contribution in [0.4, 0.5) is 0 Å². The van der Waals surface area contributed by atoms with Gasteiger partial charge in [-0.15, -0.1) is 0 Å². The average molecular weight is 959 g/mol. The molecule has 2 rings (SSSR count). The number of carbonyl (C=O) groups excluding carboxylic acids is 2. The number of hydrogen-bond donors (Lipinski definition) is 6. The molecule has 0 bridgehead atoms. The van der Waals surface area contributed by atoms with Crippen LogP contribution in [0.3, 0.4) is 0 Å². The summed E-state index contributed by atoms with van der Waals surface area (Å²) >= 11 is 0. The predicted octanol–water partition coefficient (Wildman–Crippen LogP) is 10.3. The van der Waals surface area contributed by atoms with Crippen LogP contribution in [0.5, 0.6) is 0 Å². The van der Waals surface area contributed by atoms with Crippen molar-refractivity contribution in [2.24, 2.45) is 11.8 Å². The Balaban J connectivity index is 1.96. The molecule has 2 heterocycles. The number of aliphatic hydroxyl groups excluding tert-OH is 6. The fourth-order valence-electron chi connectivity index (χ4n) is 9.66. The second-order valence-corrected chi connectivity index (χ2v) is 20.3. The van der Waals surface area contributed by atoms with Crippen molar-refractivity contribution in [3.8, 4) is 0 Å². The molecule has 396 valence electrons. The molecule has 2 aliphatic rings. The summed E-state index contributed by atoms with van der Waals surface area (Å²) in [4.78, 5) is 26.5. The zero-order valence-electron chi connectivity index (χ0n) is 42.9. The number of unbranched alkanes of at least 4 members (excludes halogenated alkanes) is 24. The second-order valence-electron chi connectivity index (χ2n) is 20.3. The van der Waals surface area contributed by atoms with Crippen molar-refractivity contribution in [2.75, 3.05) is 13.2 Å². The lowest BCUT2D eigenvalue weighted by molar-refractivity contribution is -0.376. The maximum absolute atomic E-state index is 13.2. The Kier molecular flexibility index (Phi) is 36.1. The highest BCUT2D eigenvalue weighted by atomic mass is 16.8. The SMILES string of the molecule is CCCCCCCCCC(CCCCCCCCC)CC(=O)OC[C@H]1O[C@H](O[C@H]2O[C@H](COC(=O)CC(CCCCCCCCC)CCCCCCCCC)[C@@H](O)[C@H](O)[C@@H]2O)[C@@H](O)[C@@H](O)[C@@H]1O. The number of aliphatic hydroxyl groups is 6. The summed E-state index contributed by atoms with van der Waals surface area (Å²) in [6.07, 6.45) is 21.2. The van der Waals surface area contributed by atoms with E-state index in [0.717, 1.165) is 77.0 Å². The van der Waals surface area contributed by atoms with Crippen LogP contribution in [0.2, 0.25) is 0 Å². The molecule has 2 saturated heterocycles. The fraction of sp³-hybridized carbons (Fsp3) is 0.963. The Bertz CT molecular complexity index is 1070. The molecule has 0 unspecified atom stereocenters. The van der Waals surface area contributed by atoms with Crippen LogP contribution in [0, 0.1) is 11.8 Å². The van der Waals surface area contributed by atoms with Gasteiger partial charge in [0.25, 0.3) is 0 Å². The van der Waals surface area contributed by atoms with Gasteiger partial charge in [-0.1, -0.05) is 207 Å². The molecule has 2 fully saturated rings. The molecule has 2 aliphatic heterocycles. The number of esters is 2. The van der Waals surface area contributed by atoms with E-state index in [0.29, 0.717) is 0 Å². The van der Waals surface area contributed by atoms with Crippen molar-refractivity contribution in [2.45, 2.75) is 307 Å². The fourth-order valence-corrected chi connectivity index (χ4v) is 9.66. The van der Waals surface area contributed by atoms with E-state index in [4.69, 9.17) is 23.7 Å². The zero-order chi connectivity index (χ0) is 49.1. The standard InChI is InChI=1S/C54H102O13/c1-5-9-13-17-21-25-29-33-41(34-30-26-22-18-14-10-6-2)37-45(55)63-39-43-47(57)49(59)51(61)53(65-43)67-54-52(62)50(60)48(58)44(66-54)40-64-46(56)38-42(35-31-27-23-19-15-11-7-3)36-32-28-24-20-16-12-8-4/h41-44,47-54,57-62H,5-40H2,1-4H3/t43-,44-,47-,48-,49+,50+,51+,52+,53-,54-/m1/s1. The molecule has 0 aromatic rings. The molecule has 0 saturated carbocycles. The van der Waals surface area contributed by atoms with Crippen LogP contribution in [-0.2, 0) is 33.3 Å². The minimum absolute atomic E-state index is 0.171. The largest absolute Gasteiger partial charge is 0.463 e. The molecular weight excluding hydrogens is 857 g/mol. The minimum Gasteiger partial charge on any atom is -0.463 e. The third-order valence-electron chi connectivity index (χ3n) is 14.2. The van der Waals surface area contributed by atoms with Crippen LogP contribution in [0.15, 0.2) is 0 Å². The van der Waals surface area contributed by atoms with E-state index >= 15 is 0 Å². The maximum Gasteiger partial charge on any atom is 0.306 e. The van der Waals surface area contributed by atoms with Gasteiger partial charge >= 0.3 is 11.9 Å². The van der Waals surface area contributed by atoms with Crippen LogP contribution < -0.4 is 0 Å². The Hall–Kier alpha value is -1.42. The van der Waals surface area contributed by atoms with Gasteiger partial charge < -0.3 is 54.3 Å². The first kappa shape index (κ1) is 61.7. The Morgan fingerprint density at radius 3 is 0.896 bits per heavy atom. The van der Waals surface area contributed by atoms with E-state index in [1.165, 1.54) is 128 Å². The summed E-state index contributed by atoms with van der Waals surface area (Å²) in [7, 11) is 0. The quantitative estimate of drug-likeness (QED) is 0.0250. The topological polar surface area (TPSA) is 202 Å². The van der Waals surface area contributed by atoms with Crippen LogP contribution in [0.25, 0.3) is 0 Å². The molecule has 67 heavy (non-hydrogen) atoms. The number of carbonyl (C=O) groups is 2. The van der Waals surface area contributed by atoms with Gasteiger partial charge in [0, 0.05) is 12.8 Å². The molecule has 10 atom stereocenters. The first-order valence-electron chi connectivity index (χ1n) is 27.8. The van der Waals surface area contributed by atoms with Gasteiger partial charge in [0.05, 0.1) is 0 Å². The molecule has 0 aliphatic carbocycles. The van der Waals surface area contributed by atoms with Crippen molar-refractivity contribution in [3.63, 3.8) is 0 Å². The molecule has 0 spiro atoms. The lowest BCUT2D eigenvalue weighted by Crippen LogP contribution is -2.64. The summed E-state index contributed by atoms with van der Waals surface area (Å²) in [5.41, 5.74) is 0. The molecule has 0 radical (unpaired) electrons. The van der Waals surface area contributed by atoms with E-state index in [1.807, 2.05) is 0 Å². The molecule has 6 N–H and O–H groups in total. The van der Waals surface area contributed by atoms with Crippen LogP contribution >= 0.6 is 0 Å². The zero-order valence-corrected chi connectivity index (χ0v) is 42.9. The summed E-state index contributed by atoms with van der Waals surface area (Å²) in [6.45, 7) is 8.01. The van der Waals surface area contributed by atoms with Crippen molar-refractivity contribution in [1.82, 2.24) is 0 Å². The molecule has 0 aromatic carbocycles. The maximum atomic E-state index is 13.2. The second kappa shape index (κ2) is 39.2. The van der Waals surface area contributed by atoms with Crippen LogP contribution in [0.1, 0.15) is 246 Å². The highest BCUT2D eigenvalue weighted by Gasteiger charge is 2.50. The van der Waals surface area contributed by atoms with E-state index in [1.54, 1.807) is 0 Å². The third-order valence-corrected chi connectivity index (χ3v) is 14.2. The molecule has 13 nitrogen and oxygen atoms in total. The molecule has 13 heteroatoms. The predicted molar refractivity (Wildman–Crippen MR) is 263 cm³/mol. The Morgan fingerprint density at radius 1 is 0.373 bits per heavy atom. The van der Waals surface area contributed by atoms with E-state index < -0.39 is 86.6 Å². The summed E-state index contributed by atoms with van der Waals surface area (Å²) < 4.78 is 28.6. The normalized spacial score (nSPS) is 25.6. The van der Waals surface area contributed by atoms with Gasteiger partial charge in [-0.3, -0.25) is 9.59 Å². The number of rotatable bonds is 42. The van der Waals surface area contributed by atoms with Crippen molar-refractivity contribution >= 4 is 11.9 Å². The summed E-state index contributed by atoms with van der Waals surface area (Å²) in [5, 5.41) is 65.0. The lowest BCUT2D eigenvalue weighted by Gasteiger charge is -2.44. The van der Waals surface area contributed by atoms with Crippen molar-refractivity contribution in [3.05, 3.63) is 0 Å². The van der Waals surface area contributed by atoms with Gasteiger partial charge in [-0.2, -0.15) is 0 Å². The molecule has 0 amide bonds. The monoisotopic (exact) mass is 959 g/mol.